The summed E-state index contributed by atoms with van der Waals surface area (Å²) < 4.78 is 0. The van der Waals surface area contributed by atoms with Gasteiger partial charge in [-0.25, -0.2) is 0 Å². The maximum atomic E-state index is 9.02. The molecule has 0 aliphatic rings. The molecular formula is C40H60O4S2. The van der Waals surface area contributed by atoms with Crippen molar-refractivity contribution in [2.45, 2.75) is 105 Å². The topological polar surface area (TPSA) is 80.9 Å². The van der Waals surface area contributed by atoms with Gasteiger partial charge in [0.05, 0.1) is 0 Å². The highest BCUT2D eigenvalue weighted by Gasteiger charge is 2.14. The Bertz CT molecular complexity index is 1150. The van der Waals surface area contributed by atoms with Crippen LogP contribution in [0.1, 0.15) is 105 Å². The van der Waals surface area contributed by atoms with Crippen LogP contribution in [0, 0.1) is 0 Å². The second-order valence-electron chi connectivity index (χ2n) is 15.2. The van der Waals surface area contributed by atoms with E-state index in [1.165, 1.54) is 22.3 Å². The van der Waals surface area contributed by atoms with Crippen LogP contribution in [0.2, 0.25) is 0 Å². The molecule has 0 saturated heterocycles. The number of phenols is 4. The molecule has 0 spiro atoms. The largest absolute Gasteiger partial charge is 0.508 e. The van der Waals surface area contributed by atoms with Crippen LogP contribution in [0.3, 0.4) is 0 Å². The summed E-state index contributed by atoms with van der Waals surface area (Å²) in [4.78, 5) is 0. The zero-order valence-electron chi connectivity index (χ0n) is 30.0. The highest BCUT2D eigenvalue weighted by Crippen LogP contribution is 2.26. The van der Waals surface area contributed by atoms with Crippen LogP contribution in [0.15, 0.2) is 97.1 Å². The molecule has 4 aromatic rings. The molecular weight excluding hydrogens is 609 g/mol. The average molecular weight is 669 g/mol. The maximum Gasteiger partial charge on any atom is 0.115 e. The molecule has 6 heteroatoms. The van der Waals surface area contributed by atoms with E-state index >= 15 is 0 Å². The van der Waals surface area contributed by atoms with Crippen LogP contribution in [-0.2, 0) is 21.7 Å². The Hall–Kier alpha value is -3.22. The van der Waals surface area contributed by atoms with Crippen LogP contribution in [0.5, 0.6) is 23.0 Å². The fraction of sp³-hybridized carbons (Fsp3) is 0.400. The molecule has 0 unspecified atom stereocenters. The van der Waals surface area contributed by atoms with Crippen molar-refractivity contribution in [3.8, 4) is 23.0 Å². The summed E-state index contributed by atoms with van der Waals surface area (Å²) >= 11 is 0. The van der Waals surface area contributed by atoms with Crippen molar-refractivity contribution in [3.05, 3.63) is 119 Å². The molecule has 0 bridgehead atoms. The first kappa shape index (κ1) is 44.9. The van der Waals surface area contributed by atoms with Crippen molar-refractivity contribution < 1.29 is 20.4 Å². The Morgan fingerprint density at radius 3 is 0.457 bits per heavy atom. The van der Waals surface area contributed by atoms with Gasteiger partial charge in [-0.15, -0.1) is 0 Å². The first-order valence-corrected chi connectivity index (χ1v) is 15.2. The van der Waals surface area contributed by atoms with Crippen molar-refractivity contribution in [3.63, 3.8) is 0 Å². The summed E-state index contributed by atoms with van der Waals surface area (Å²) in [5, 5.41) is 36.1. The van der Waals surface area contributed by atoms with E-state index in [4.69, 9.17) is 20.4 Å². The third-order valence-corrected chi connectivity index (χ3v) is 6.93. The first-order chi connectivity index (χ1) is 20.0. The zero-order chi connectivity index (χ0) is 33.9. The van der Waals surface area contributed by atoms with Crippen LogP contribution >= 0.6 is 27.0 Å². The minimum absolute atomic E-state index is 0. The molecule has 0 heterocycles. The van der Waals surface area contributed by atoms with E-state index < -0.39 is 0 Å². The molecule has 0 aliphatic heterocycles. The van der Waals surface area contributed by atoms with Gasteiger partial charge >= 0.3 is 0 Å². The van der Waals surface area contributed by atoms with Gasteiger partial charge in [0.15, 0.2) is 0 Å². The molecule has 0 radical (unpaired) electrons. The fourth-order valence-electron chi connectivity index (χ4n) is 3.85. The Balaban J connectivity index is 0. The smallest absolute Gasteiger partial charge is 0.115 e. The van der Waals surface area contributed by atoms with E-state index in [1.807, 2.05) is 48.5 Å². The molecule has 4 rings (SSSR count). The lowest BCUT2D eigenvalue weighted by Gasteiger charge is -2.18. The van der Waals surface area contributed by atoms with Gasteiger partial charge in [-0.2, -0.15) is 27.0 Å². The standard InChI is InChI=1S/4C10H14O.2H2S/c4*1-10(2,3)8-4-6-9(11)7-5-8;;/h4*4-7,11H,1-3H3;2*1H2. The summed E-state index contributed by atoms with van der Waals surface area (Å²) in [6.45, 7) is 25.8. The van der Waals surface area contributed by atoms with E-state index in [0.29, 0.717) is 23.0 Å². The molecule has 46 heavy (non-hydrogen) atoms. The SMILES string of the molecule is CC(C)(C)c1ccc(O)cc1.CC(C)(C)c1ccc(O)cc1.CC(C)(C)c1ccc(O)cc1.CC(C)(C)c1ccc(O)cc1.S.S. The number of rotatable bonds is 0. The molecule has 0 aliphatic carbocycles. The van der Waals surface area contributed by atoms with Gasteiger partial charge in [-0.1, -0.05) is 132 Å². The van der Waals surface area contributed by atoms with Crippen LogP contribution in [0.4, 0.5) is 0 Å². The van der Waals surface area contributed by atoms with Gasteiger partial charge in [0.1, 0.15) is 23.0 Å². The van der Waals surface area contributed by atoms with Crippen molar-refractivity contribution in [2.75, 3.05) is 0 Å². The molecule has 4 N–H and O–H groups in total. The average Bonchev–Trinajstić information content (AvgIpc) is 2.89. The van der Waals surface area contributed by atoms with Gasteiger partial charge in [0.25, 0.3) is 0 Å². The Morgan fingerprint density at radius 1 is 0.261 bits per heavy atom. The van der Waals surface area contributed by atoms with E-state index in [0.717, 1.165) is 0 Å². The van der Waals surface area contributed by atoms with Gasteiger partial charge < -0.3 is 20.4 Å². The van der Waals surface area contributed by atoms with Crippen LogP contribution < -0.4 is 0 Å². The van der Waals surface area contributed by atoms with E-state index in [2.05, 4.69) is 83.1 Å². The summed E-state index contributed by atoms with van der Waals surface area (Å²) in [5.41, 5.74) is 5.68. The highest BCUT2D eigenvalue weighted by molar-refractivity contribution is 7.59. The zero-order valence-corrected chi connectivity index (χ0v) is 32.0. The molecule has 0 saturated carbocycles. The van der Waals surface area contributed by atoms with Crippen LogP contribution in [0.25, 0.3) is 0 Å². The Morgan fingerprint density at radius 2 is 0.370 bits per heavy atom. The maximum absolute atomic E-state index is 9.02. The molecule has 0 atom stereocenters. The lowest BCUT2D eigenvalue weighted by Crippen LogP contribution is -2.10. The quantitative estimate of drug-likeness (QED) is 0.150. The lowest BCUT2D eigenvalue weighted by atomic mass is 9.87. The number of phenolic OH excluding ortho intramolecular Hbond substituents is 4. The van der Waals surface area contributed by atoms with E-state index in [1.54, 1.807) is 48.5 Å². The van der Waals surface area contributed by atoms with Crippen LogP contribution in [-0.4, -0.2) is 20.4 Å². The third-order valence-electron chi connectivity index (χ3n) is 6.93. The summed E-state index contributed by atoms with van der Waals surface area (Å²) in [5.74, 6) is 1.33. The number of hydrogen-bond acceptors (Lipinski definition) is 4. The number of aromatic hydroxyl groups is 4. The predicted molar refractivity (Wildman–Crippen MR) is 208 cm³/mol. The van der Waals surface area contributed by atoms with Crippen molar-refractivity contribution in [2.24, 2.45) is 0 Å². The Kier molecular flexibility index (Phi) is 18.4. The van der Waals surface area contributed by atoms with Crippen molar-refractivity contribution in [1.29, 1.82) is 0 Å². The summed E-state index contributed by atoms with van der Waals surface area (Å²) in [7, 11) is 0. The van der Waals surface area contributed by atoms with E-state index in [-0.39, 0.29) is 48.7 Å². The molecule has 4 nitrogen and oxygen atoms in total. The highest BCUT2D eigenvalue weighted by atomic mass is 32.1. The number of hydrogen-bond donors (Lipinski definition) is 4. The molecule has 4 aromatic carbocycles. The number of benzene rings is 4. The summed E-state index contributed by atoms with van der Waals surface area (Å²) in [6.07, 6.45) is 0. The predicted octanol–water partition coefficient (Wildman–Crippen LogP) is 11.0. The second kappa shape index (κ2) is 18.8. The molecule has 256 valence electrons. The molecule has 0 amide bonds. The lowest BCUT2D eigenvalue weighted by molar-refractivity contribution is 0.473. The fourth-order valence-corrected chi connectivity index (χ4v) is 3.85. The van der Waals surface area contributed by atoms with E-state index in [9.17, 15) is 0 Å². The van der Waals surface area contributed by atoms with Crippen molar-refractivity contribution in [1.82, 2.24) is 0 Å². The van der Waals surface area contributed by atoms with Gasteiger partial charge in [-0.05, 0) is 92.4 Å². The molecule has 0 aromatic heterocycles. The normalized spacial score (nSPS) is 11.0. The summed E-state index contributed by atoms with van der Waals surface area (Å²) in [6, 6.07) is 29.4. The first-order valence-electron chi connectivity index (χ1n) is 15.2. The minimum Gasteiger partial charge on any atom is -0.508 e. The minimum atomic E-state index is 0. The van der Waals surface area contributed by atoms with Gasteiger partial charge in [0, 0.05) is 0 Å². The Labute approximate surface area is 293 Å². The van der Waals surface area contributed by atoms with Crippen molar-refractivity contribution >= 4 is 27.0 Å². The van der Waals surface area contributed by atoms with Gasteiger partial charge in [0.2, 0.25) is 0 Å². The second-order valence-corrected chi connectivity index (χ2v) is 15.2. The van der Waals surface area contributed by atoms with Gasteiger partial charge in [-0.3, -0.25) is 0 Å². The molecule has 0 fully saturated rings. The third kappa shape index (κ3) is 17.5. The monoisotopic (exact) mass is 668 g/mol.